The van der Waals surface area contributed by atoms with Crippen molar-refractivity contribution in [3.63, 3.8) is 0 Å². The molecule has 0 aliphatic heterocycles. The Balaban J connectivity index is 1.54. The number of hydrogen-bond acceptors (Lipinski definition) is 4. The average Bonchev–Trinajstić information content (AvgIpc) is 2.68. The third kappa shape index (κ3) is 4.71. The summed E-state index contributed by atoms with van der Waals surface area (Å²) in [5.41, 5.74) is 4.04. The minimum absolute atomic E-state index is 0.0718. The zero-order valence-corrected chi connectivity index (χ0v) is 14.0. The van der Waals surface area contributed by atoms with Crippen LogP contribution in [0.3, 0.4) is 0 Å². The van der Waals surface area contributed by atoms with E-state index in [4.69, 9.17) is 0 Å². The number of nitrogens with zero attached hydrogens (tertiary/aromatic N) is 2. The molecule has 2 N–H and O–H groups in total. The highest BCUT2D eigenvalue weighted by atomic mass is 16.1. The van der Waals surface area contributed by atoms with Gasteiger partial charge in [0.1, 0.15) is 0 Å². The van der Waals surface area contributed by atoms with Crippen LogP contribution in [0.25, 0.3) is 11.1 Å². The van der Waals surface area contributed by atoms with E-state index in [1.165, 1.54) is 0 Å². The van der Waals surface area contributed by atoms with Gasteiger partial charge in [-0.15, -0.1) is 0 Å². The number of nitrogens with one attached hydrogen (secondary N) is 2. The van der Waals surface area contributed by atoms with Crippen molar-refractivity contribution < 1.29 is 4.79 Å². The number of amides is 1. The third-order valence-corrected chi connectivity index (χ3v) is 3.92. The van der Waals surface area contributed by atoms with Crippen molar-refractivity contribution in [2.24, 2.45) is 0 Å². The maximum absolute atomic E-state index is 12.0. The molecule has 2 aromatic heterocycles. The van der Waals surface area contributed by atoms with Gasteiger partial charge in [0.15, 0.2) is 0 Å². The summed E-state index contributed by atoms with van der Waals surface area (Å²) < 4.78 is 0. The molecular weight excluding hydrogens is 312 g/mol. The number of pyridine rings is 2. The normalized spacial score (nSPS) is 11.7. The second-order valence-electron chi connectivity index (χ2n) is 5.76. The predicted octanol–water partition coefficient (Wildman–Crippen LogP) is 3.43. The Kier molecular flexibility index (Phi) is 5.49. The Morgan fingerprint density at radius 2 is 1.68 bits per heavy atom. The highest BCUT2D eigenvalue weighted by Crippen LogP contribution is 2.21. The number of aromatic nitrogens is 2. The molecule has 0 fully saturated rings. The van der Waals surface area contributed by atoms with Crippen LogP contribution in [0.1, 0.15) is 18.5 Å². The van der Waals surface area contributed by atoms with E-state index < -0.39 is 0 Å². The second kappa shape index (κ2) is 8.17. The smallest absolute Gasteiger partial charge is 0.238 e. The lowest BCUT2D eigenvalue weighted by atomic mass is 10.0. The molecule has 5 heteroatoms. The van der Waals surface area contributed by atoms with Gasteiger partial charge in [-0.2, -0.15) is 0 Å². The first-order valence-electron chi connectivity index (χ1n) is 8.16. The van der Waals surface area contributed by atoms with Crippen LogP contribution in [0.2, 0.25) is 0 Å². The number of anilines is 1. The van der Waals surface area contributed by atoms with Gasteiger partial charge in [-0.1, -0.05) is 30.3 Å². The summed E-state index contributed by atoms with van der Waals surface area (Å²) in [7, 11) is 0. The quantitative estimate of drug-likeness (QED) is 0.726. The van der Waals surface area contributed by atoms with E-state index >= 15 is 0 Å². The molecule has 0 bridgehead atoms. The molecule has 1 aromatic carbocycles. The van der Waals surface area contributed by atoms with Gasteiger partial charge in [0.25, 0.3) is 0 Å². The molecule has 0 aliphatic rings. The number of benzene rings is 1. The van der Waals surface area contributed by atoms with Gasteiger partial charge in [-0.05, 0) is 41.8 Å². The maximum Gasteiger partial charge on any atom is 0.238 e. The standard InChI is InChI=1S/C20H20N4O/c1-15(23-14-20(25)24-19-5-3-11-22-13-19)16-6-8-17(9-7-16)18-4-2-10-21-12-18/h2-13,15,23H,14H2,1H3,(H,24,25). The monoisotopic (exact) mass is 332 g/mol. The molecule has 3 aromatic rings. The molecule has 1 amide bonds. The molecule has 1 atom stereocenters. The Hall–Kier alpha value is -3.05. The molecule has 0 saturated carbocycles. The number of hydrogen-bond donors (Lipinski definition) is 2. The van der Waals surface area contributed by atoms with E-state index in [0.717, 1.165) is 16.7 Å². The van der Waals surface area contributed by atoms with Crippen LogP contribution in [0.4, 0.5) is 5.69 Å². The highest BCUT2D eigenvalue weighted by molar-refractivity contribution is 5.92. The summed E-state index contributed by atoms with van der Waals surface area (Å²) in [5.74, 6) is -0.0909. The summed E-state index contributed by atoms with van der Waals surface area (Å²) in [5, 5.41) is 6.04. The lowest BCUT2D eigenvalue weighted by Gasteiger charge is -2.15. The summed E-state index contributed by atoms with van der Waals surface area (Å²) in [4.78, 5) is 20.1. The van der Waals surface area contributed by atoms with Gasteiger partial charge in [-0.3, -0.25) is 14.8 Å². The Bertz CT molecular complexity index is 804. The number of rotatable bonds is 6. The van der Waals surface area contributed by atoms with Crippen LogP contribution in [0.5, 0.6) is 0 Å². The van der Waals surface area contributed by atoms with Crippen LogP contribution in [-0.2, 0) is 4.79 Å². The number of carbonyl (C=O) groups excluding carboxylic acids is 1. The summed E-state index contributed by atoms with van der Waals surface area (Å²) >= 11 is 0. The largest absolute Gasteiger partial charge is 0.324 e. The van der Waals surface area contributed by atoms with E-state index in [1.54, 1.807) is 24.7 Å². The van der Waals surface area contributed by atoms with Gasteiger partial charge >= 0.3 is 0 Å². The fraction of sp³-hybridized carbons (Fsp3) is 0.150. The first-order chi connectivity index (χ1) is 12.2. The molecule has 0 saturated heterocycles. The van der Waals surface area contributed by atoms with Gasteiger partial charge in [0.2, 0.25) is 5.91 Å². The van der Waals surface area contributed by atoms with Crippen molar-refractivity contribution in [1.82, 2.24) is 15.3 Å². The molecule has 0 radical (unpaired) electrons. The SMILES string of the molecule is CC(NCC(=O)Nc1cccnc1)c1ccc(-c2cccnc2)cc1. The van der Waals surface area contributed by atoms with Gasteiger partial charge < -0.3 is 10.6 Å². The van der Waals surface area contributed by atoms with E-state index in [0.29, 0.717) is 5.69 Å². The Morgan fingerprint density at radius 1 is 0.960 bits per heavy atom. The summed E-state index contributed by atoms with van der Waals surface area (Å²) in [6, 6.07) is 15.9. The maximum atomic E-state index is 12.0. The molecule has 0 aliphatic carbocycles. The Morgan fingerprint density at radius 3 is 2.32 bits per heavy atom. The fourth-order valence-corrected chi connectivity index (χ4v) is 2.50. The molecule has 0 spiro atoms. The van der Waals surface area contributed by atoms with Crippen molar-refractivity contribution in [2.75, 3.05) is 11.9 Å². The molecule has 1 unspecified atom stereocenters. The van der Waals surface area contributed by atoms with Crippen LogP contribution in [-0.4, -0.2) is 22.4 Å². The van der Waals surface area contributed by atoms with Gasteiger partial charge in [0, 0.05) is 24.6 Å². The topological polar surface area (TPSA) is 66.9 Å². The van der Waals surface area contributed by atoms with Gasteiger partial charge in [0.05, 0.1) is 18.4 Å². The van der Waals surface area contributed by atoms with Crippen molar-refractivity contribution >= 4 is 11.6 Å². The fourth-order valence-electron chi connectivity index (χ4n) is 2.50. The van der Waals surface area contributed by atoms with Crippen molar-refractivity contribution in [2.45, 2.75) is 13.0 Å². The van der Waals surface area contributed by atoms with E-state index in [1.807, 2.05) is 31.3 Å². The zero-order chi connectivity index (χ0) is 17.5. The Labute approximate surface area is 147 Å². The van der Waals surface area contributed by atoms with Crippen molar-refractivity contribution in [1.29, 1.82) is 0 Å². The molecule has 3 rings (SSSR count). The van der Waals surface area contributed by atoms with Crippen LogP contribution < -0.4 is 10.6 Å². The lowest BCUT2D eigenvalue weighted by molar-refractivity contribution is -0.115. The molecule has 5 nitrogen and oxygen atoms in total. The van der Waals surface area contributed by atoms with Crippen LogP contribution in [0.15, 0.2) is 73.3 Å². The number of carbonyl (C=O) groups is 1. The molecule has 25 heavy (non-hydrogen) atoms. The first-order valence-corrected chi connectivity index (χ1v) is 8.16. The average molecular weight is 332 g/mol. The van der Waals surface area contributed by atoms with Crippen LogP contribution >= 0.6 is 0 Å². The summed E-state index contributed by atoms with van der Waals surface area (Å²) in [6.45, 7) is 2.27. The van der Waals surface area contributed by atoms with Crippen molar-refractivity contribution in [3.05, 3.63) is 78.9 Å². The summed E-state index contributed by atoms with van der Waals surface area (Å²) in [6.07, 6.45) is 6.91. The first kappa shape index (κ1) is 16.8. The van der Waals surface area contributed by atoms with E-state index in [2.05, 4.69) is 44.9 Å². The van der Waals surface area contributed by atoms with E-state index in [-0.39, 0.29) is 18.5 Å². The minimum Gasteiger partial charge on any atom is -0.324 e. The van der Waals surface area contributed by atoms with Crippen molar-refractivity contribution in [3.8, 4) is 11.1 Å². The molecule has 2 heterocycles. The van der Waals surface area contributed by atoms with Gasteiger partial charge in [-0.25, -0.2) is 0 Å². The van der Waals surface area contributed by atoms with E-state index in [9.17, 15) is 4.79 Å². The highest BCUT2D eigenvalue weighted by Gasteiger charge is 2.08. The molecule has 126 valence electrons. The lowest BCUT2D eigenvalue weighted by Crippen LogP contribution is -2.30. The molecular formula is C20H20N4O. The minimum atomic E-state index is -0.0909. The predicted molar refractivity (Wildman–Crippen MR) is 99.0 cm³/mol. The van der Waals surface area contributed by atoms with Crippen LogP contribution in [0, 0.1) is 0 Å². The zero-order valence-electron chi connectivity index (χ0n) is 14.0. The third-order valence-electron chi connectivity index (χ3n) is 3.92. The second-order valence-corrected chi connectivity index (χ2v) is 5.76.